The Morgan fingerprint density at radius 1 is 1.04 bits per heavy atom. The summed E-state index contributed by atoms with van der Waals surface area (Å²) in [5.74, 6) is 0.00876. The first kappa shape index (κ1) is 20.0. The van der Waals surface area contributed by atoms with Crippen molar-refractivity contribution in [1.29, 1.82) is 0 Å². The molecule has 0 fully saturated rings. The molecule has 24 heavy (non-hydrogen) atoms. The van der Waals surface area contributed by atoms with Gasteiger partial charge in [0, 0.05) is 24.8 Å². The Balaban J connectivity index is 0.00000288. The first-order valence-electron chi connectivity index (χ1n) is 7.94. The molecule has 1 atom stereocenters. The highest BCUT2D eigenvalue weighted by Crippen LogP contribution is 2.04. The van der Waals surface area contributed by atoms with Crippen molar-refractivity contribution in [3.63, 3.8) is 0 Å². The third kappa shape index (κ3) is 7.49. The SMILES string of the molecule is CC(CN(C)Cc1ccccc1)NC(=O)CNc1ccccc1.Cl. The third-order valence-corrected chi connectivity index (χ3v) is 3.52. The Kier molecular flexibility index (Phi) is 8.90. The van der Waals surface area contributed by atoms with E-state index in [0.29, 0.717) is 0 Å². The number of rotatable bonds is 8. The smallest absolute Gasteiger partial charge is 0.239 e. The van der Waals surface area contributed by atoms with E-state index in [0.717, 1.165) is 18.8 Å². The molecule has 2 N–H and O–H groups in total. The van der Waals surface area contributed by atoms with E-state index in [1.54, 1.807) is 0 Å². The molecule has 0 aliphatic carbocycles. The summed E-state index contributed by atoms with van der Waals surface area (Å²) in [4.78, 5) is 14.2. The summed E-state index contributed by atoms with van der Waals surface area (Å²) in [6, 6.07) is 20.2. The average Bonchev–Trinajstić information content (AvgIpc) is 2.54. The van der Waals surface area contributed by atoms with Crippen molar-refractivity contribution >= 4 is 24.0 Å². The number of carbonyl (C=O) groups excluding carboxylic acids is 1. The fraction of sp³-hybridized carbons (Fsp3) is 0.316. The van der Waals surface area contributed by atoms with Crippen molar-refractivity contribution < 1.29 is 4.79 Å². The van der Waals surface area contributed by atoms with Crippen molar-refractivity contribution in [1.82, 2.24) is 10.2 Å². The first-order valence-corrected chi connectivity index (χ1v) is 7.94. The molecule has 0 spiro atoms. The van der Waals surface area contributed by atoms with Gasteiger partial charge >= 0.3 is 0 Å². The minimum Gasteiger partial charge on any atom is -0.376 e. The van der Waals surface area contributed by atoms with Crippen molar-refractivity contribution in [2.24, 2.45) is 0 Å². The third-order valence-electron chi connectivity index (χ3n) is 3.52. The standard InChI is InChI=1S/C19H25N3O.ClH/c1-16(14-22(2)15-17-9-5-3-6-10-17)21-19(23)13-20-18-11-7-4-8-12-18;/h3-12,16,20H,13-15H2,1-2H3,(H,21,23);1H. The largest absolute Gasteiger partial charge is 0.376 e. The first-order chi connectivity index (χ1) is 11.1. The molecule has 0 aliphatic rings. The van der Waals surface area contributed by atoms with E-state index < -0.39 is 0 Å². The van der Waals surface area contributed by atoms with Gasteiger partial charge in [-0.05, 0) is 31.7 Å². The van der Waals surface area contributed by atoms with Gasteiger partial charge in [0.25, 0.3) is 0 Å². The lowest BCUT2D eigenvalue weighted by molar-refractivity contribution is -0.120. The van der Waals surface area contributed by atoms with Crippen LogP contribution in [0.15, 0.2) is 60.7 Å². The number of carbonyl (C=O) groups is 1. The Morgan fingerprint density at radius 3 is 2.25 bits per heavy atom. The molecule has 2 aromatic carbocycles. The van der Waals surface area contributed by atoms with Gasteiger partial charge in [-0.1, -0.05) is 48.5 Å². The van der Waals surface area contributed by atoms with Gasteiger partial charge < -0.3 is 15.5 Å². The molecule has 5 heteroatoms. The van der Waals surface area contributed by atoms with Crippen LogP contribution in [0.5, 0.6) is 0 Å². The molecule has 130 valence electrons. The van der Waals surface area contributed by atoms with Crippen molar-refractivity contribution in [2.45, 2.75) is 19.5 Å². The molecule has 2 rings (SSSR count). The van der Waals surface area contributed by atoms with Crippen LogP contribution >= 0.6 is 12.4 Å². The molecule has 0 saturated carbocycles. The van der Waals surface area contributed by atoms with Crippen LogP contribution in [-0.2, 0) is 11.3 Å². The predicted molar refractivity (Wildman–Crippen MR) is 103 cm³/mol. The average molecular weight is 348 g/mol. The van der Waals surface area contributed by atoms with Crippen LogP contribution < -0.4 is 10.6 Å². The van der Waals surface area contributed by atoms with Gasteiger partial charge in [-0.3, -0.25) is 4.79 Å². The molecule has 4 nitrogen and oxygen atoms in total. The van der Waals surface area contributed by atoms with E-state index in [1.807, 2.05) is 55.5 Å². The Morgan fingerprint density at radius 2 is 1.62 bits per heavy atom. The second-order valence-corrected chi connectivity index (χ2v) is 5.87. The van der Waals surface area contributed by atoms with E-state index in [4.69, 9.17) is 0 Å². The van der Waals surface area contributed by atoms with Crippen LogP contribution in [0.4, 0.5) is 5.69 Å². The highest BCUT2D eigenvalue weighted by Gasteiger charge is 2.10. The van der Waals surface area contributed by atoms with Gasteiger partial charge in [0.2, 0.25) is 5.91 Å². The Bertz CT molecular complexity index is 592. The van der Waals surface area contributed by atoms with Crippen LogP contribution in [0.25, 0.3) is 0 Å². The highest BCUT2D eigenvalue weighted by atomic mass is 35.5. The van der Waals surface area contributed by atoms with Crippen molar-refractivity contribution in [2.75, 3.05) is 25.5 Å². The number of nitrogens with one attached hydrogen (secondary N) is 2. The Hall–Kier alpha value is -2.04. The number of halogens is 1. The molecular formula is C19H26ClN3O. The van der Waals surface area contributed by atoms with Crippen molar-refractivity contribution in [3.8, 4) is 0 Å². The maximum Gasteiger partial charge on any atom is 0.239 e. The number of hydrogen-bond acceptors (Lipinski definition) is 3. The van der Waals surface area contributed by atoms with Crippen LogP contribution in [0, 0.1) is 0 Å². The van der Waals surface area contributed by atoms with E-state index in [1.165, 1.54) is 5.56 Å². The maximum atomic E-state index is 12.0. The number of anilines is 1. The highest BCUT2D eigenvalue weighted by molar-refractivity contribution is 5.85. The minimum atomic E-state index is 0. The van der Waals surface area contributed by atoms with Crippen LogP contribution in [0.1, 0.15) is 12.5 Å². The van der Waals surface area contributed by atoms with Crippen molar-refractivity contribution in [3.05, 3.63) is 66.2 Å². The van der Waals surface area contributed by atoms with E-state index in [9.17, 15) is 4.79 Å². The number of hydrogen-bond donors (Lipinski definition) is 2. The molecule has 1 unspecified atom stereocenters. The molecule has 1 amide bonds. The molecule has 2 aromatic rings. The van der Waals surface area contributed by atoms with E-state index >= 15 is 0 Å². The van der Waals surface area contributed by atoms with Crippen LogP contribution in [-0.4, -0.2) is 37.0 Å². The fourth-order valence-electron chi connectivity index (χ4n) is 2.54. The van der Waals surface area contributed by atoms with Gasteiger partial charge in [-0.2, -0.15) is 0 Å². The topological polar surface area (TPSA) is 44.4 Å². The number of amides is 1. The summed E-state index contributed by atoms with van der Waals surface area (Å²) in [5, 5.41) is 6.14. The molecule has 0 aliphatic heterocycles. The monoisotopic (exact) mass is 347 g/mol. The van der Waals surface area contributed by atoms with Gasteiger partial charge in [0.1, 0.15) is 0 Å². The number of nitrogens with zero attached hydrogens (tertiary/aromatic N) is 1. The quantitative estimate of drug-likeness (QED) is 0.771. The number of para-hydroxylation sites is 1. The zero-order chi connectivity index (χ0) is 16.5. The van der Waals surface area contributed by atoms with E-state index in [2.05, 4.69) is 34.7 Å². The predicted octanol–water partition coefficient (Wildman–Crippen LogP) is 3.16. The van der Waals surface area contributed by atoms with Crippen LogP contribution in [0.3, 0.4) is 0 Å². The zero-order valence-corrected chi connectivity index (χ0v) is 15.1. The van der Waals surface area contributed by atoms with E-state index in [-0.39, 0.29) is 30.9 Å². The summed E-state index contributed by atoms with van der Waals surface area (Å²) in [6.07, 6.45) is 0. The van der Waals surface area contributed by atoms with Gasteiger partial charge in [-0.15, -0.1) is 12.4 Å². The number of likely N-dealkylation sites (N-methyl/N-ethyl adjacent to an activating group) is 1. The number of benzene rings is 2. The van der Waals surface area contributed by atoms with Crippen LogP contribution in [0.2, 0.25) is 0 Å². The molecular weight excluding hydrogens is 322 g/mol. The Labute approximate surface area is 150 Å². The summed E-state index contributed by atoms with van der Waals surface area (Å²) in [5.41, 5.74) is 2.23. The molecule has 0 bridgehead atoms. The maximum absolute atomic E-state index is 12.0. The summed E-state index contributed by atoms with van der Waals surface area (Å²) in [7, 11) is 2.07. The lowest BCUT2D eigenvalue weighted by Crippen LogP contribution is -2.42. The zero-order valence-electron chi connectivity index (χ0n) is 14.2. The minimum absolute atomic E-state index is 0. The second-order valence-electron chi connectivity index (χ2n) is 5.87. The molecule has 0 saturated heterocycles. The molecule has 0 radical (unpaired) electrons. The van der Waals surface area contributed by atoms with Gasteiger partial charge in [0.05, 0.1) is 6.54 Å². The second kappa shape index (κ2) is 10.7. The summed E-state index contributed by atoms with van der Waals surface area (Å²) >= 11 is 0. The fourth-order valence-corrected chi connectivity index (χ4v) is 2.54. The molecule has 0 aromatic heterocycles. The lowest BCUT2D eigenvalue weighted by Gasteiger charge is -2.22. The summed E-state index contributed by atoms with van der Waals surface area (Å²) in [6.45, 7) is 4.01. The normalized spacial score (nSPS) is 11.5. The lowest BCUT2D eigenvalue weighted by atomic mass is 10.2. The van der Waals surface area contributed by atoms with Gasteiger partial charge in [-0.25, -0.2) is 0 Å². The van der Waals surface area contributed by atoms with Gasteiger partial charge in [0.15, 0.2) is 0 Å². The summed E-state index contributed by atoms with van der Waals surface area (Å²) < 4.78 is 0. The molecule has 0 heterocycles.